The van der Waals surface area contributed by atoms with Gasteiger partial charge in [-0.2, -0.15) is 5.26 Å². The summed E-state index contributed by atoms with van der Waals surface area (Å²) < 4.78 is 36.9. The zero-order chi connectivity index (χ0) is 10.0. The molecule has 0 radical (unpaired) electrons. The third kappa shape index (κ3) is 1.73. The van der Waals surface area contributed by atoms with Crippen molar-refractivity contribution in [3.05, 3.63) is 28.3 Å². The lowest BCUT2D eigenvalue weighted by Crippen LogP contribution is -1.96. The molecule has 0 spiro atoms. The minimum absolute atomic E-state index is 0.399. The molecule has 0 atom stereocenters. The van der Waals surface area contributed by atoms with Crippen LogP contribution in [-0.4, -0.2) is 4.98 Å². The molecule has 0 amide bonds. The van der Waals surface area contributed by atoms with Crippen LogP contribution in [0.2, 0.25) is 5.02 Å². The Morgan fingerprint density at radius 1 is 1.54 bits per heavy atom. The molecule has 0 unspecified atom stereocenters. The summed E-state index contributed by atoms with van der Waals surface area (Å²) >= 11 is 5.25. The molecule has 0 aliphatic rings. The van der Waals surface area contributed by atoms with Crippen molar-refractivity contribution in [1.29, 1.82) is 5.26 Å². The van der Waals surface area contributed by atoms with Crippen LogP contribution in [0.1, 0.15) is 17.7 Å². The molecule has 1 rings (SSSR count). The average molecular weight is 207 g/mol. The molecule has 2 nitrogen and oxygen atoms in total. The standard InChI is InChI=1S/C7H2ClF3N2/c8-5-4(1-12)13-2-3(6(5)9)7(10)11/h2,7H. The second-order valence-electron chi connectivity index (χ2n) is 2.10. The van der Waals surface area contributed by atoms with E-state index in [0.717, 1.165) is 0 Å². The summed E-state index contributed by atoms with van der Waals surface area (Å²) in [6.45, 7) is 0. The fourth-order valence-electron chi connectivity index (χ4n) is 0.708. The number of nitrogens with zero attached hydrogens (tertiary/aromatic N) is 2. The van der Waals surface area contributed by atoms with Crippen molar-refractivity contribution in [3.8, 4) is 6.07 Å². The highest BCUT2D eigenvalue weighted by atomic mass is 35.5. The van der Waals surface area contributed by atoms with Crippen LogP contribution >= 0.6 is 11.6 Å². The van der Waals surface area contributed by atoms with E-state index in [1.165, 1.54) is 6.07 Å². The van der Waals surface area contributed by atoms with Gasteiger partial charge >= 0.3 is 0 Å². The molecule has 1 heterocycles. The van der Waals surface area contributed by atoms with E-state index in [2.05, 4.69) is 4.98 Å². The Kier molecular flexibility index (Phi) is 2.73. The predicted octanol–water partition coefficient (Wildman–Crippen LogP) is 2.68. The van der Waals surface area contributed by atoms with Crippen LogP contribution in [0.3, 0.4) is 0 Å². The molecule has 0 saturated carbocycles. The van der Waals surface area contributed by atoms with E-state index in [-0.39, 0.29) is 0 Å². The van der Waals surface area contributed by atoms with E-state index in [0.29, 0.717) is 6.20 Å². The Morgan fingerprint density at radius 3 is 2.62 bits per heavy atom. The molecule has 0 saturated heterocycles. The van der Waals surface area contributed by atoms with Crippen LogP contribution in [0.25, 0.3) is 0 Å². The highest BCUT2D eigenvalue weighted by Gasteiger charge is 2.19. The molecule has 0 aliphatic carbocycles. The van der Waals surface area contributed by atoms with E-state index in [1.807, 2.05) is 0 Å². The maximum absolute atomic E-state index is 12.9. The van der Waals surface area contributed by atoms with Gasteiger partial charge in [-0.3, -0.25) is 0 Å². The molecule has 0 aromatic carbocycles. The Labute approximate surface area is 76.6 Å². The van der Waals surface area contributed by atoms with Crippen LogP contribution < -0.4 is 0 Å². The molecule has 68 valence electrons. The lowest BCUT2D eigenvalue weighted by Gasteiger charge is -2.02. The molecular weight excluding hydrogens is 205 g/mol. The highest BCUT2D eigenvalue weighted by molar-refractivity contribution is 6.31. The van der Waals surface area contributed by atoms with Gasteiger partial charge in [-0.1, -0.05) is 11.6 Å². The molecule has 0 fully saturated rings. The van der Waals surface area contributed by atoms with Crippen LogP contribution in [0, 0.1) is 17.1 Å². The van der Waals surface area contributed by atoms with E-state index in [1.54, 1.807) is 0 Å². The fourth-order valence-corrected chi connectivity index (χ4v) is 0.908. The van der Waals surface area contributed by atoms with Crippen LogP contribution in [0.5, 0.6) is 0 Å². The highest BCUT2D eigenvalue weighted by Crippen LogP contribution is 2.27. The van der Waals surface area contributed by atoms with E-state index in [9.17, 15) is 13.2 Å². The van der Waals surface area contributed by atoms with Gasteiger partial charge in [0.2, 0.25) is 0 Å². The van der Waals surface area contributed by atoms with Gasteiger partial charge in [0.25, 0.3) is 6.43 Å². The number of rotatable bonds is 1. The van der Waals surface area contributed by atoms with Crippen molar-refractivity contribution in [2.75, 3.05) is 0 Å². The molecule has 0 bridgehead atoms. The van der Waals surface area contributed by atoms with Gasteiger partial charge in [-0.25, -0.2) is 18.2 Å². The molecule has 1 aromatic heterocycles. The Balaban J connectivity index is 3.33. The first kappa shape index (κ1) is 9.81. The molecule has 6 heteroatoms. The zero-order valence-electron chi connectivity index (χ0n) is 6.06. The number of pyridine rings is 1. The van der Waals surface area contributed by atoms with Gasteiger partial charge < -0.3 is 0 Å². The molecule has 1 aromatic rings. The molecular formula is C7H2ClF3N2. The lowest BCUT2D eigenvalue weighted by atomic mass is 10.2. The number of halogens is 4. The van der Waals surface area contributed by atoms with E-state index in [4.69, 9.17) is 16.9 Å². The number of nitriles is 1. The van der Waals surface area contributed by atoms with Crippen molar-refractivity contribution in [2.24, 2.45) is 0 Å². The van der Waals surface area contributed by atoms with Gasteiger partial charge in [-0.05, 0) is 0 Å². The number of hydrogen-bond donors (Lipinski definition) is 0. The smallest absolute Gasteiger partial charge is 0.243 e. The quantitative estimate of drug-likeness (QED) is 0.708. The van der Waals surface area contributed by atoms with Crippen molar-refractivity contribution in [2.45, 2.75) is 6.43 Å². The first-order chi connectivity index (χ1) is 6.07. The maximum Gasteiger partial charge on any atom is 0.268 e. The lowest BCUT2D eigenvalue weighted by molar-refractivity contribution is 0.146. The number of alkyl halides is 2. The third-order valence-electron chi connectivity index (χ3n) is 1.33. The summed E-state index contributed by atoms with van der Waals surface area (Å²) in [4.78, 5) is 3.27. The Morgan fingerprint density at radius 2 is 2.15 bits per heavy atom. The number of aromatic nitrogens is 1. The van der Waals surface area contributed by atoms with Crippen LogP contribution in [-0.2, 0) is 0 Å². The topological polar surface area (TPSA) is 36.7 Å². The summed E-state index contributed by atoms with van der Waals surface area (Å²) in [5.74, 6) is -1.29. The van der Waals surface area contributed by atoms with Gasteiger partial charge in [0.1, 0.15) is 11.1 Å². The predicted molar refractivity (Wildman–Crippen MR) is 38.9 cm³/mol. The van der Waals surface area contributed by atoms with Crippen molar-refractivity contribution < 1.29 is 13.2 Å². The average Bonchev–Trinajstić information content (AvgIpc) is 2.09. The van der Waals surface area contributed by atoms with E-state index < -0.39 is 28.5 Å². The number of hydrogen-bond acceptors (Lipinski definition) is 2. The summed E-state index contributed by atoms with van der Waals surface area (Å²) in [7, 11) is 0. The minimum Gasteiger partial charge on any atom is -0.243 e. The summed E-state index contributed by atoms with van der Waals surface area (Å²) in [5.41, 5.74) is -1.30. The van der Waals surface area contributed by atoms with Crippen molar-refractivity contribution in [3.63, 3.8) is 0 Å². The largest absolute Gasteiger partial charge is 0.268 e. The van der Waals surface area contributed by atoms with Crippen molar-refractivity contribution in [1.82, 2.24) is 4.98 Å². The summed E-state index contributed by atoms with van der Waals surface area (Å²) in [5, 5.41) is 7.65. The monoisotopic (exact) mass is 206 g/mol. The van der Waals surface area contributed by atoms with Crippen LogP contribution in [0.4, 0.5) is 13.2 Å². The normalized spacial score (nSPS) is 10.2. The summed E-state index contributed by atoms with van der Waals surface area (Å²) in [6.07, 6.45) is -2.39. The van der Waals surface area contributed by atoms with Gasteiger partial charge in [0.15, 0.2) is 11.5 Å². The second-order valence-corrected chi connectivity index (χ2v) is 2.48. The van der Waals surface area contributed by atoms with Gasteiger partial charge in [0.05, 0.1) is 5.56 Å². The molecule has 0 N–H and O–H groups in total. The van der Waals surface area contributed by atoms with Gasteiger partial charge in [0, 0.05) is 6.20 Å². The molecule has 13 heavy (non-hydrogen) atoms. The Hall–Kier alpha value is -1.28. The second kappa shape index (κ2) is 3.62. The maximum atomic E-state index is 12.9. The van der Waals surface area contributed by atoms with Crippen molar-refractivity contribution >= 4 is 11.6 Å². The van der Waals surface area contributed by atoms with Crippen LogP contribution in [0.15, 0.2) is 6.20 Å². The van der Waals surface area contributed by atoms with Gasteiger partial charge in [-0.15, -0.1) is 0 Å². The minimum atomic E-state index is -2.99. The SMILES string of the molecule is N#Cc1ncc(C(F)F)c(F)c1Cl. The third-order valence-corrected chi connectivity index (χ3v) is 1.67. The first-order valence-electron chi connectivity index (χ1n) is 3.10. The summed E-state index contributed by atoms with van der Waals surface area (Å²) in [6, 6.07) is 1.47. The zero-order valence-corrected chi connectivity index (χ0v) is 6.82. The fraction of sp³-hybridized carbons (Fsp3) is 0.143. The van der Waals surface area contributed by atoms with E-state index >= 15 is 0 Å². The Bertz CT molecular complexity index is 373. The molecule has 0 aliphatic heterocycles. The first-order valence-corrected chi connectivity index (χ1v) is 3.48.